The van der Waals surface area contributed by atoms with Crippen molar-refractivity contribution in [2.45, 2.75) is 38.2 Å². The highest BCUT2D eigenvalue weighted by Crippen LogP contribution is 2.28. The monoisotopic (exact) mass is 390 g/mol. The molecule has 2 aromatic carbocycles. The molecule has 4 nitrogen and oxygen atoms in total. The molecule has 0 radical (unpaired) electrons. The van der Waals surface area contributed by atoms with Gasteiger partial charge in [0.2, 0.25) is 5.89 Å². The summed E-state index contributed by atoms with van der Waals surface area (Å²) >= 11 is 0. The average Bonchev–Trinajstić information content (AvgIpc) is 3.18. The van der Waals surface area contributed by atoms with Crippen LogP contribution >= 0.6 is 0 Å². The Balaban J connectivity index is 1.35. The van der Waals surface area contributed by atoms with E-state index in [0.29, 0.717) is 28.8 Å². The minimum absolute atomic E-state index is 0.265. The van der Waals surface area contributed by atoms with Crippen LogP contribution in [0.1, 0.15) is 43.2 Å². The molecule has 0 aliphatic heterocycles. The lowest BCUT2D eigenvalue weighted by atomic mass is 10.0. The third-order valence-electron chi connectivity index (χ3n) is 5.02. The van der Waals surface area contributed by atoms with E-state index in [9.17, 15) is 9.50 Å². The van der Waals surface area contributed by atoms with Crippen LogP contribution in [0.5, 0.6) is 0 Å². The molecule has 0 aliphatic rings. The zero-order chi connectivity index (χ0) is 20.1. The van der Waals surface area contributed by atoms with Crippen LogP contribution in [0.3, 0.4) is 0 Å². The smallest absolute Gasteiger partial charge is 0.225 e. The van der Waals surface area contributed by atoms with Crippen molar-refractivity contribution < 1.29 is 13.9 Å². The SMILES string of the molecule is OC(CCCCCc1ccccc1)c1nc2ncc(-c3ccccc3F)cc2o1. The number of nitrogens with zero attached hydrogens (tertiary/aromatic N) is 2. The summed E-state index contributed by atoms with van der Waals surface area (Å²) in [6, 6.07) is 18.6. The maximum absolute atomic E-state index is 14.0. The van der Waals surface area contributed by atoms with E-state index in [0.717, 1.165) is 25.7 Å². The van der Waals surface area contributed by atoms with E-state index < -0.39 is 6.10 Å². The Morgan fingerprint density at radius 2 is 1.76 bits per heavy atom. The molecular weight excluding hydrogens is 367 g/mol. The molecule has 0 amide bonds. The molecule has 29 heavy (non-hydrogen) atoms. The number of rotatable bonds is 8. The summed E-state index contributed by atoms with van der Waals surface area (Å²) in [5, 5.41) is 10.4. The Morgan fingerprint density at radius 3 is 2.59 bits per heavy atom. The van der Waals surface area contributed by atoms with Crippen LogP contribution in [0.4, 0.5) is 4.39 Å². The van der Waals surface area contributed by atoms with Gasteiger partial charge >= 0.3 is 0 Å². The molecule has 2 heterocycles. The normalized spacial score (nSPS) is 12.3. The molecule has 0 aliphatic carbocycles. The second kappa shape index (κ2) is 8.97. The predicted molar refractivity (Wildman–Crippen MR) is 111 cm³/mol. The summed E-state index contributed by atoms with van der Waals surface area (Å²) in [6.07, 6.45) is 5.44. The van der Waals surface area contributed by atoms with Crippen LogP contribution in [0.25, 0.3) is 22.4 Å². The molecule has 0 fully saturated rings. The zero-order valence-corrected chi connectivity index (χ0v) is 16.1. The summed E-state index contributed by atoms with van der Waals surface area (Å²) in [5.74, 6) is -0.0508. The maximum atomic E-state index is 14.0. The first-order valence-corrected chi connectivity index (χ1v) is 9.94. The number of halogens is 1. The lowest BCUT2D eigenvalue weighted by Gasteiger charge is -2.06. The van der Waals surface area contributed by atoms with E-state index in [4.69, 9.17) is 4.42 Å². The van der Waals surface area contributed by atoms with Crippen molar-refractivity contribution in [2.75, 3.05) is 0 Å². The highest BCUT2D eigenvalue weighted by Gasteiger charge is 2.17. The minimum atomic E-state index is -0.766. The van der Waals surface area contributed by atoms with Crippen molar-refractivity contribution in [3.05, 3.63) is 84.1 Å². The van der Waals surface area contributed by atoms with Gasteiger partial charge in [0.1, 0.15) is 11.9 Å². The van der Waals surface area contributed by atoms with Crippen LogP contribution in [-0.4, -0.2) is 15.1 Å². The van der Waals surface area contributed by atoms with Crippen LogP contribution in [0.2, 0.25) is 0 Å². The number of aryl methyl sites for hydroxylation is 1. The summed E-state index contributed by atoms with van der Waals surface area (Å²) < 4.78 is 19.7. The first-order chi connectivity index (χ1) is 14.2. The third-order valence-corrected chi connectivity index (χ3v) is 5.02. The summed E-state index contributed by atoms with van der Waals surface area (Å²) in [4.78, 5) is 8.56. The molecule has 0 spiro atoms. The Kier molecular flexibility index (Phi) is 5.96. The van der Waals surface area contributed by atoms with Crippen LogP contribution in [-0.2, 0) is 6.42 Å². The molecule has 0 bridgehead atoms. The quantitative estimate of drug-likeness (QED) is 0.383. The largest absolute Gasteiger partial charge is 0.436 e. The van der Waals surface area contributed by atoms with E-state index >= 15 is 0 Å². The maximum Gasteiger partial charge on any atom is 0.225 e. The van der Waals surface area contributed by atoms with Gasteiger partial charge in [0.15, 0.2) is 11.2 Å². The number of pyridine rings is 1. The van der Waals surface area contributed by atoms with Gasteiger partial charge in [-0.05, 0) is 37.0 Å². The fraction of sp³-hybridized carbons (Fsp3) is 0.250. The van der Waals surface area contributed by atoms with E-state index in [-0.39, 0.29) is 11.7 Å². The second-order valence-electron chi connectivity index (χ2n) is 7.18. The molecule has 0 saturated carbocycles. The lowest BCUT2D eigenvalue weighted by molar-refractivity contribution is 0.133. The molecule has 1 atom stereocenters. The van der Waals surface area contributed by atoms with Gasteiger partial charge in [-0.25, -0.2) is 9.37 Å². The minimum Gasteiger partial charge on any atom is -0.436 e. The van der Waals surface area contributed by atoms with E-state index in [2.05, 4.69) is 34.2 Å². The molecule has 1 N–H and O–H groups in total. The van der Waals surface area contributed by atoms with E-state index in [1.54, 1.807) is 30.5 Å². The van der Waals surface area contributed by atoms with Gasteiger partial charge in [-0.2, -0.15) is 4.98 Å². The Bertz CT molecular complexity index is 1080. The molecule has 2 aromatic heterocycles. The van der Waals surface area contributed by atoms with Crippen molar-refractivity contribution in [1.82, 2.24) is 9.97 Å². The van der Waals surface area contributed by atoms with Crippen LogP contribution < -0.4 is 0 Å². The summed E-state index contributed by atoms with van der Waals surface area (Å²) in [5.41, 5.74) is 3.28. The number of aromatic nitrogens is 2. The second-order valence-corrected chi connectivity index (χ2v) is 7.18. The number of hydrogen-bond acceptors (Lipinski definition) is 4. The Hall–Kier alpha value is -3.05. The first kappa shape index (κ1) is 19.3. The average molecular weight is 390 g/mol. The van der Waals surface area contributed by atoms with Crippen molar-refractivity contribution in [2.24, 2.45) is 0 Å². The van der Waals surface area contributed by atoms with Gasteiger partial charge < -0.3 is 9.52 Å². The topological polar surface area (TPSA) is 59.2 Å². The highest BCUT2D eigenvalue weighted by molar-refractivity contribution is 5.76. The fourth-order valence-corrected chi connectivity index (χ4v) is 3.43. The summed E-state index contributed by atoms with van der Waals surface area (Å²) in [6.45, 7) is 0. The number of unbranched alkanes of at least 4 members (excludes halogenated alkanes) is 2. The Labute approximate surface area is 169 Å². The first-order valence-electron chi connectivity index (χ1n) is 9.94. The number of hydrogen-bond donors (Lipinski definition) is 1. The van der Waals surface area contributed by atoms with Gasteiger partial charge in [0.25, 0.3) is 0 Å². The van der Waals surface area contributed by atoms with Crippen molar-refractivity contribution in [3.63, 3.8) is 0 Å². The van der Waals surface area contributed by atoms with Crippen molar-refractivity contribution in [1.29, 1.82) is 0 Å². The number of aliphatic hydroxyl groups is 1. The zero-order valence-electron chi connectivity index (χ0n) is 16.1. The molecule has 1 unspecified atom stereocenters. The van der Waals surface area contributed by atoms with Gasteiger partial charge in [0.05, 0.1) is 0 Å². The summed E-state index contributed by atoms with van der Waals surface area (Å²) in [7, 11) is 0. The third kappa shape index (κ3) is 4.69. The van der Waals surface area contributed by atoms with Crippen molar-refractivity contribution >= 4 is 11.2 Å². The van der Waals surface area contributed by atoms with Gasteiger partial charge in [-0.3, -0.25) is 0 Å². The fourth-order valence-electron chi connectivity index (χ4n) is 3.43. The molecular formula is C24H23FN2O2. The van der Waals surface area contributed by atoms with Gasteiger partial charge in [0, 0.05) is 17.3 Å². The number of oxazole rings is 1. The molecule has 4 rings (SSSR count). The highest BCUT2D eigenvalue weighted by atomic mass is 19.1. The number of fused-ring (bicyclic) bond motifs is 1. The molecule has 4 aromatic rings. The standard InChI is InChI=1S/C24H23FN2O2/c25-20-13-8-7-12-19(20)18-15-22-23(26-16-18)27-24(29-22)21(28)14-6-2-5-11-17-9-3-1-4-10-17/h1,3-4,7-10,12-13,15-16,21,28H,2,5-6,11,14H2. The lowest BCUT2D eigenvalue weighted by Crippen LogP contribution is -1.98. The van der Waals surface area contributed by atoms with E-state index in [1.807, 2.05) is 6.07 Å². The van der Waals surface area contributed by atoms with Crippen LogP contribution in [0, 0.1) is 5.82 Å². The molecule has 0 saturated heterocycles. The number of aliphatic hydroxyl groups excluding tert-OH is 1. The molecule has 5 heteroatoms. The number of benzene rings is 2. The van der Waals surface area contributed by atoms with E-state index in [1.165, 1.54) is 11.6 Å². The molecule has 148 valence electrons. The van der Waals surface area contributed by atoms with Crippen molar-refractivity contribution in [3.8, 4) is 11.1 Å². The van der Waals surface area contributed by atoms with Gasteiger partial charge in [-0.15, -0.1) is 0 Å². The predicted octanol–water partition coefficient (Wildman–Crippen LogP) is 5.87. The van der Waals surface area contributed by atoms with Gasteiger partial charge in [-0.1, -0.05) is 61.4 Å². The Morgan fingerprint density at radius 1 is 0.966 bits per heavy atom. The van der Waals surface area contributed by atoms with Crippen LogP contribution in [0.15, 0.2) is 71.3 Å².